The summed E-state index contributed by atoms with van der Waals surface area (Å²) in [6.07, 6.45) is -0.509. The molecule has 2 N–H and O–H groups in total. The highest BCUT2D eigenvalue weighted by Crippen LogP contribution is 2.31. The van der Waals surface area contributed by atoms with Crippen molar-refractivity contribution < 1.29 is 21.6 Å². The monoisotopic (exact) mass is 267 g/mol. The van der Waals surface area contributed by atoms with Crippen LogP contribution in [0.25, 0.3) is 0 Å². The number of primary amides is 1. The van der Waals surface area contributed by atoms with Crippen LogP contribution in [0.5, 0.6) is 0 Å². The molecular weight excluding hydrogens is 254 g/mol. The topological polar surface area (TPSA) is 111 Å². The minimum atomic E-state index is -4.41. The number of hydrogen-bond donors (Lipinski definition) is 1. The summed E-state index contributed by atoms with van der Waals surface area (Å²) in [4.78, 5) is 11.2. The fourth-order valence-electron chi connectivity index (χ4n) is 1.29. The first-order valence-electron chi connectivity index (χ1n) is 4.17. The Labute approximate surface area is 94.7 Å². The van der Waals surface area contributed by atoms with Crippen LogP contribution in [-0.2, 0) is 24.5 Å². The Morgan fingerprint density at radius 3 is 1.62 bits per heavy atom. The molecule has 8 heteroatoms. The van der Waals surface area contributed by atoms with Gasteiger partial charge in [0.25, 0.3) is 9.99 Å². The first-order chi connectivity index (χ1) is 7.13. The van der Waals surface area contributed by atoms with Crippen molar-refractivity contribution in [3.8, 4) is 0 Å². The number of amides is 1. The van der Waals surface area contributed by atoms with Gasteiger partial charge in [0.05, 0.1) is 0 Å². The second-order valence-corrected chi connectivity index (χ2v) is 7.39. The first kappa shape index (κ1) is 14.8. The molecule has 0 saturated heterocycles. The maximum Gasteiger partial charge on any atom is 0.257 e. The van der Waals surface area contributed by atoms with Crippen LogP contribution in [0.2, 0.25) is 0 Å². The molecule has 0 aromatic heterocycles. The summed E-state index contributed by atoms with van der Waals surface area (Å²) in [6.45, 7) is 7.19. The maximum atomic E-state index is 11.7. The molecule has 6 nitrogen and oxygen atoms in total. The third-order valence-corrected chi connectivity index (χ3v) is 7.29. The van der Waals surface area contributed by atoms with Gasteiger partial charge in [0.15, 0.2) is 0 Å². The Kier molecular flexibility index (Phi) is 4.07. The summed E-state index contributed by atoms with van der Waals surface area (Å²) in [5.41, 5.74) is 4.91. The van der Waals surface area contributed by atoms with Gasteiger partial charge >= 0.3 is 0 Å². The molecule has 0 radical (unpaired) electrons. The van der Waals surface area contributed by atoms with Crippen LogP contribution in [0.3, 0.4) is 0 Å². The van der Waals surface area contributed by atoms with E-state index in [-0.39, 0.29) is 0 Å². The molecule has 0 aliphatic carbocycles. The number of carbonyl (C=O) groups is 1. The summed E-state index contributed by atoms with van der Waals surface area (Å²) < 4.78 is 43.9. The number of hydrogen-bond acceptors (Lipinski definition) is 5. The van der Waals surface area contributed by atoms with E-state index in [9.17, 15) is 21.6 Å². The lowest BCUT2D eigenvalue weighted by Crippen LogP contribution is -2.54. The molecule has 0 aliphatic rings. The van der Waals surface area contributed by atoms with E-state index < -0.39 is 36.1 Å². The van der Waals surface area contributed by atoms with Crippen molar-refractivity contribution in [1.29, 1.82) is 0 Å². The molecule has 1 amide bonds. The molecular formula is C8H13NO5S2. The maximum absolute atomic E-state index is 11.7. The lowest BCUT2D eigenvalue weighted by molar-refractivity contribution is -0.118. The lowest BCUT2D eigenvalue weighted by atomic mass is 10.3. The van der Waals surface area contributed by atoms with E-state index in [0.29, 0.717) is 10.8 Å². The Hall–Kier alpha value is -1.15. The zero-order valence-corrected chi connectivity index (χ0v) is 10.3. The Morgan fingerprint density at radius 2 is 1.50 bits per heavy atom. The van der Waals surface area contributed by atoms with Gasteiger partial charge in [-0.1, -0.05) is 20.1 Å². The summed E-state index contributed by atoms with van der Waals surface area (Å²) in [5, 5.41) is 0.810. The fourth-order valence-corrected chi connectivity index (χ4v) is 4.90. The van der Waals surface area contributed by atoms with Crippen molar-refractivity contribution in [3.05, 3.63) is 24.0 Å². The molecule has 0 aromatic carbocycles. The van der Waals surface area contributed by atoms with Gasteiger partial charge in [0.1, 0.15) is 0 Å². The second-order valence-electron chi connectivity index (χ2n) is 2.89. The van der Waals surface area contributed by atoms with Gasteiger partial charge in [0.2, 0.25) is 19.7 Å². The van der Waals surface area contributed by atoms with E-state index in [1.165, 1.54) is 6.92 Å². The van der Waals surface area contributed by atoms with Gasteiger partial charge in [-0.25, -0.2) is 16.8 Å². The average Bonchev–Trinajstić information content (AvgIpc) is 2.18. The molecule has 0 spiro atoms. The van der Waals surface area contributed by atoms with Gasteiger partial charge in [-0.05, 0) is 6.42 Å². The molecule has 0 heterocycles. The van der Waals surface area contributed by atoms with E-state index in [4.69, 9.17) is 5.73 Å². The summed E-state index contributed by atoms with van der Waals surface area (Å²) in [7, 11) is -8.82. The van der Waals surface area contributed by atoms with Crippen molar-refractivity contribution in [2.45, 2.75) is 17.4 Å². The molecule has 0 rings (SSSR count). The highest BCUT2D eigenvalue weighted by Gasteiger charge is 2.56. The molecule has 0 aliphatic heterocycles. The lowest BCUT2D eigenvalue weighted by Gasteiger charge is -2.25. The largest absolute Gasteiger partial charge is 0.367 e. The highest BCUT2D eigenvalue weighted by molar-refractivity contribution is 8.14. The Bertz CT molecular complexity index is 477. The number of carbonyl (C=O) groups excluding carboxylic acids is 1. The van der Waals surface area contributed by atoms with Crippen molar-refractivity contribution in [3.63, 3.8) is 0 Å². The van der Waals surface area contributed by atoms with Crippen LogP contribution >= 0.6 is 0 Å². The van der Waals surface area contributed by atoms with Crippen molar-refractivity contribution in [2.24, 2.45) is 5.73 Å². The Morgan fingerprint density at radius 1 is 1.19 bits per heavy atom. The minimum absolute atomic E-state index is 0.405. The van der Waals surface area contributed by atoms with Crippen LogP contribution in [0, 0.1) is 0 Å². The molecule has 16 heavy (non-hydrogen) atoms. The number of rotatable bonds is 6. The van der Waals surface area contributed by atoms with Crippen LogP contribution in [-0.4, -0.2) is 26.8 Å². The minimum Gasteiger partial charge on any atom is -0.367 e. The number of nitrogens with two attached hydrogens (primary N) is 1. The third-order valence-electron chi connectivity index (χ3n) is 2.20. The van der Waals surface area contributed by atoms with Crippen LogP contribution in [0.15, 0.2) is 24.0 Å². The molecule has 0 bridgehead atoms. The van der Waals surface area contributed by atoms with Crippen LogP contribution < -0.4 is 5.73 Å². The van der Waals surface area contributed by atoms with E-state index in [1.54, 1.807) is 0 Å². The van der Waals surface area contributed by atoms with Crippen molar-refractivity contribution in [1.82, 2.24) is 0 Å². The van der Waals surface area contributed by atoms with E-state index in [1.807, 2.05) is 0 Å². The molecule has 0 fully saturated rings. The second kappa shape index (κ2) is 4.38. The van der Waals surface area contributed by atoms with Crippen molar-refractivity contribution >= 4 is 25.6 Å². The molecule has 0 atom stereocenters. The van der Waals surface area contributed by atoms with Crippen LogP contribution in [0.1, 0.15) is 13.3 Å². The summed E-state index contributed by atoms with van der Waals surface area (Å²) in [6, 6.07) is 0. The molecule has 92 valence electrons. The van der Waals surface area contributed by atoms with E-state index >= 15 is 0 Å². The smallest absolute Gasteiger partial charge is 0.257 e. The average molecular weight is 267 g/mol. The van der Waals surface area contributed by atoms with Gasteiger partial charge in [-0.15, -0.1) is 0 Å². The van der Waals surface area contributed by atoms with Gasteiger partial charge < -0.3 is 5.73 Å². The highest BCUT2D eigenvalue weighted by atomic mass is 32.3. The zero-order valence-electron chi connectivity index (χ0n) is 8.71. The van der Waals surface area contributed by atoms with Crippen LogP contribution in [0.4, 0.5) is 0 Å². The zero-order chi connectivity index (χ0) is 13.2. The van der Waals surface area contributed by atoms with Gasteiger partial charge in [0, 0.05) is 10.8 Å². The Balaban J connectivity index is 6.49. The third kappa shape index (κ3) is 1.78. The normalized spacial score (nSPS) is 13.1. The predicted octanol–water partition coefficient (Wildman–Crippen LogP) is -0.305. The van der Waals surface area contributed by atoms with Gasteiger partial charge in [-0.3, -0.25) is 4.79 Å². The van der Waals surface area contributed by atoms with Crippen molar-refractivity contribution in [2.75, 3.05) is 0 Å². The fraction of sp³-hybridized carbons (Fsp3) is 0.375. The van der Waals surface area contributed by atoms with E-state index in [2.05, 4.69) is 13.2 Å². The molecule has 0 aromatic rings. The molecule has 0 unspecified atom stereocenters. The van der Waals surface area contributed by atoms with E-state index in [0.717, 1.165) is 0 Å². The quantitative estimate of drug-likeness (QED) is 0.709. The predicted molar refractivity (Wildman–Crippen MR) is 60.5 cm³/mol. The first-order valence-corrected chi connectivity index (χ1v) is 7.26. The number of sulfone groups is 2. The standard InChI is InChI=1S/C8H13NO5S2/c1-4-8(7(9)10,15(11,12)5-2)16(13,14)6-3/h5-6H,2-4H2,1H3,(H2,9,10). The SMILES string of the molecule is C=CS(=O)(=O)C(CC)(C(N)=O)S(=O)(=O)C=C. The summed E-state index contributed by atoms with van der Waals surface area (Å²) >= 11 is 0. The molecule has 0 saturated carbocycles. The van der Waals surface area contributed by atoms with Gasteiger partial charge in [-0.2, -0.15) is 0 Å². The summed E-state index contributed by atoms with van der Waals surface area (Å²) in [5.74, 6) is -1.46.